The molecular formula is C11H14INO2. The highest BCUT2D eigenvalue weighted by molar-refractivity contribution is 14.1. The number of hydrogen-bond donors (Lipinski definition) is 2. The van der Waals surface area contributed by atoms with Gasteiger partial charge in [-0.05, 0) is 60.2 Å². The first kappa shape index (κ1) is 12.4. The summed E-state index contributed by atoms with van der Waals surface area (Å²) in [5.41, 5.74) is 0.654. The van der Waals surface area contributed by atoms with Crippen LogP contribution in [-0.2, 0) is 0 Å². The largest absolute Gasteiger partial charge is 0.393 e. The Hall–Kier alpha value is -0.620. The lowest BCUT2D eigenvalue weighted by Gasteiger charge is -2.06. The number of carbonyl (C=O) groups is 1. The summed E-state index contributed by atoms with van der Waals surface area (Å²) < 4.78 is 1.10. The maximum absolute atomic E-state index is 11.5. The SMILES string of the molecule is CC(O)CCNC(=O)c1ccc(I)cc1. The fraction of sp³-hybridized carbons (Fsp3) is 0.364. The molecule has 0 saturated carbocycles. The normalized spacial score (nSPS) is 12.2. The molecule has 2 N–H and O–H groups in total. The number of carbonyl (C=O) groups excluding carboxylic acids is 1. The highest BCUT2D eigenvalue weighted by Gasteiger charge is 2.04. The van der Waals surface area contributed by atoms with E-state index < -0.39 is 0 Å². The average Bonchev–Trinajstić information content (AvgIpc) is 2.18. The smallest absolute Gasteiger partial charge is 0.251 e. The van der Waals surface area contributed by atoms with Crippen molar-refractivity contribution >= 4 is 28.5 Å². The number of nitrogens with one attached hydrogen (secondary N) is 1. The Labute approximate surface area is 103 Å². The summed E-state index contributed by atoms with van der Waals surface area (Å²) in [5.74, 6) is -0.0907. The van der Waals surface area contributed by atoms with E-state index in [1.54, 1.807) is 19.1 Å². The van der Waals surface area contributed by atoms with Crippen LogP contribution >= 0.6 is 22.6 Å². The summed E-state index contributed by atoms with van der Waals surface area (Å²) in [6, 6.07) is 7.37. The molecule has 1 amide bonds. The molecule has 0 spiro atoms. The number of amides is 1. The lowest BCUT2D eigenvalue weighted by molar-refractivity contribution is 0.0945. The van der Waals surface area contributed by atoms with Crippen molar-refractivity contribution in [3.05, 3.63) is 33.4 Å². The zero-order valence-corrected chi connectivity index (χ0v) is 10.7. The molecule has 1 aromatic carbocycles. The van der Waals surface area contributed by atoms with Crippen LogP contribution in [0.25, 0.3) is 0 Å². The molecule has 0 radical (unpaired) electrons. The molecule has 1 atom stereocenters. The first-order chi connectivity index (χ1) is 7.09. The van der Waals surface area contributed by atoms with Gasteiger partial charge in [0.15, 0.2) is 0 Å². The summed E-state index contributed by atoms with van der Waals surface area (Å²) in [6.45, 7) is 2.21. The molecule has 4 heteroatoms. The Morgan fingerprint density at radius 3 is 2.60 bits per heavy atom. The van der Waals surface area contributed by atoms with Gasteiger partial charge in [0, 0.05) is 15.7 Å². The number of aliphatic hydroxyl groups is 1. The Kier molecular flexibility index (Phi) is 5.04. The predicted octanol–water partition coefficient (Wildman–Crippen LogP) is 1.79. The van der Waals surface area contributed by atoms with Crippen molar-refractivity contribution in [3.8, 4) is 0 Å². The molecule has 0 heterocycles. The molecule has 1 unspecified atom stereocenters. The molecule has 0 aliphatic carbocycles. The van der Waals surface area contributed by atoms with Crippen molar-refractivity contribution in [2.75, 3.05) is 6.54 Å². The minimum atomic E-state index is -0.373. The van der Waals surface area contributed by atoms with E-state index in [2.05, 4.69) is 27.9 Å². The Morgan fingerprint density at radius 1 is 1.47 bits per heavy atom. The van der Waals surface area contributed by atoms with Gasteiger partial charge < -0.3 is 10.4 Å². The maximum atomic E-state index is 11.5. The third-order valence-corrected chi connectivity index (χ3v) is 2.67. The highest BCUT2D eigenvalue weighted by Crippen LogP contribution is 2.06. The van der Waals surface area contributed by atoms with Crippen molar-refractivity contribution in [3.63, 3.8) is 0 Å². The highest BCUT2D eigenvalue weighted by atomic mass is 127. The molecule has 0 aromatic heterocycles. The molecule has 0 saturated heterocycles. The Morgan fingerprint density at radius 2 is 2.07 bits per heavy atom. The van der Waals surface area contributed by atoms with Crippen LogP contribution in [-0.4, -0.2) is 23.7 Å². The minimum Gasteiger partial charge on any atom is -0.393 e. The van der Waals surface area contributed by atoms with Crippen molar-refractivity contribution in [1.29, 1.82) is 0 Å². The van der Waals surface area contributed by atoms with E-state index >= 15 is 0 Å². The van der Waals surface area contributed by atoms with E-state index in [1.807, 2.05) is 12.1 Å². The summed E-state index contributed by atoms with van der Waals surface area (Å²) in [5, 5.41) is 11.8. The maximum Gasteiger partial charge on any atom is 0.251 e. The van der Waals surface area contributed by atoms with Gasteiger partial charge in [-0.1, -0.05) is 0 Å². The molecule has 15 heavy (non-hydrogen) atoms. The number of hydrogen-bond acceptors (Lipinski definition) is 2. The number of rotatable bonds is 4. The fourth-order valence-electron chi connectivity index (χ4n) is 1.10. The molecule has 0 bridgehead atoms. The Balaban J connectivity index is 2.43. The molecule has 0 aliphatic heterocycles. The van der Waals surface area contributed by atoms with Gasteiger partial charge in [0.25, 0.3) is 5.91 Å². The average molecular weight is 319 g/mol. The first-order valence-electron chi connectivity index (χ1n) is 4.81. The topological polar surface area (TPSA) is 49.3 Å². The van der Waals surface area contributed by atoms with Crippen LogP contribution in [0, 0.1) is 3.57 Å². The predicted molar refractivity (Wildman–Crippen MR) is 67.8 cm³/mol. The zero-order valence-electron chi connectivity index (χ0n) is 8.53. The van der Waals surface area contributed by atoms with Crippen molar-refractivity contribution in [2.45, 2.75) is 19.4 Å². The number of halogens is 1. The van der Waals surface area contributed by atoms with Gasteiger partial charge in [-0.25, -0.2) is 0 Å². The second-order valence-electron chi connectivity index (χ2n) is 3.40. The lowest BCUT2D eigenvalue weighted by Crippen LogP contribution is -2.26. The quantitative estimate of drug-likeness (QED) is 0.832. The van der Waals surface area contributed by atoms with Crippen LogP contribution in [0.1, 0.15) is 23.7 Å². The van der Waals surface area contributed by atoms with Gasteiger partial charge in [-0.3, -0.25) is 4.79 Å². The van der Waals surface area contributed by atoms with E-state index in [9.17, 15) is 4.79 Å². The molecule has 1 aromatic rings. The van der Waals surface area contributed by atoms with E-state index in [4.69, 9.17) is 5.11 Å². The third kappa shape index (κ3) is 4.61. The molecular weight excluding hydrogens is 305 g/mol. The van der Waals surface area contributed by atoms with Gasteiger partial charge >= 0.3 is 0 Å². The molecule has 0 aliphatic rings. The molecule has 1 rings (SSSR count). The molecule has 3 nitrogen and oxygen atoms in total. The first-order valence-corrected chi connectivity index (χ1v) is 5.89. The van der Waals surface area contributed by atoms with Crippen molar-refractivity contribution in [2.24, 2.45) is 0 Å². The molecule has 0 fully saturated rings. The number of aliphatic hydroxyl groups excluding tert-OH is 1. The van der Waals surface area contributed by atoms with Gasteiger partial charge in [0.05, 0.1) is 6.10 Å². The third-order valence-electron chi connectivity index (χ3n) is 1.95. The van der Waals surface area contributed by atoms with E-state index in [0.29, 0.717) is 18.5 Å². The minimum absolute atomic E-state index is 0.0907. The second-order valence-corrected chi connectivity index (χ2v) is 4.65. The summed E-state index contributed by atoms with van der Waals surface area (Å²) in [6.07, 6.45) is 0.206. The van der Waals surface area contributed by atoms with Gasteiger partial charge in [0.2, 0.25) is 0 Å². The lowest BCUT2D eigenvalue weighted by atomic mass is 10.2. The van der Waals surface area contributed by atoms with Crippen molar-refractivity contribution in [1.82, 2.24) is 5.32 Å². The van der Waals surface area contributed by atoms with Crippen molar-refractivity contribution < 1.29 is 9.90 Å². The second kappa shape index (κ2) is 6.07. The van der Waals surface area contributed by atoms with E-state index in [-0.39, 0.29) is 12.0 Å². The van der Waals surface area contributed by atoms with Crippen LogP contribution in [0.3, 0.4) is 0 Å². The van der Waals surface area contributed by atoms with Gasteiger partial charge in [-0.15, -0.1) is 0 Å². The number of benzene rings is 1. The van der Waals surface area contributed by atoms with E-state index in [0.717, 1.165) is 3.57 Å². The van der Waals surface area contributed by atoms with Crippen LogP contribution in [0.5, 0.6) is 0 Å². The zero-order chi connectivity index (χ0) is 11.3. The van der Waals surface area contributed by atoms with E-state index in [1.165, 1.54) is 0 Å². The fourth-order valence-corrected chi connectivity index (χ4v) is 1.46. The summed E-state index contributed by atoms with van der Waals surface area (Å²) in [4.78, 5) is 11.5. The Bertz CT molecular complexity index is 322. The van der Waals surface area contributed by atoms with Crippen LogP contribution < -0.4 is 5.32 Å². The van der Waals surface area contributed by atoms with Crippen LogP contribution in [0.15, 0.2) is 24.3 Å². The monoisotopic (exact) mass is 319 g/mol. The van der Waals surface area contributed by atoms with Crippen LogP contribution in [0.2, 0.25) is 0 Å². The van der Waals surface area contributed by atoms with Gasteiger partial charge in [-0.2, -0.15) is 0 Å². The van der Waals surface area contributed by atoms with Crippen LogP contribution in [0.4, 0.5) is 0 Å². The van der Waals surface area contributed by atoms with Gasteiger partial charge in [0.1, 0.15) is 0 Å². The summed E-state index contributed by atoms with van der Waals surface area (Å²) in [7, 11) is 0. The molecule has 82 valence electrons. The summed E-state index contributed by atoms with van der Waals surface area (Å²) >= 11 is 2.19. The standard InChI is InChI=1S/C11H14INO2/c1-8(14)6-7-13-11(15)9-2-4-10(12)5-3-9/h2-5,8,14H,6-7H2,1H3,(H,13,15).